The lowest BCUT2D eigenvalue weighted by molar-refractivity contribution is 0.165. The molecule has 0 N–H and O–H groups in total. The molecule has 228 valence electrons. The van der Waals surface area contributed by atoms with E-state index in [9.17, 15) is 0 Å². The summed E-state index contributed by atoms with van der Waals surface area (Å²) in [6, 6.07) is 12.4. The van der Waals surface area contributed by atoms with Crippen molar-refractivity contribution in [3.63, 3.8) is 0 Å². The maximum atomic E-state index is 6.61. The molecule has 1 heteroatoms. The summed E-state index contributed by atoms with van der Waals surface area (Å²) in [4.78, 5) is 0. The first kappa shape index (κ1) is 32.2. The van der Waals surface area contributed by atoms with Crippen molar-refractivity contribution in [3.8, 4) is 16.9 Å². The monoisotopic (exact) mass is 558 g/mol. The van der Waals surface area contributed by atoms with Crippen LogP contribution in [-0.2, 0) is 19.3 Å². The average molecular weight is 559 g/mol. The van der Waals surface area contributed by atoms with E-state index in [1.165, 1.54) is 98.4 Å². The van der Waals surface area contributed by atoms with Crippen LogP contribution in [0.15, 0.2) is 30.3 Å². The van der Waals surface area contributed by atoms with Gasteiger partial charge in [0.1, 0.15) is 5.75 Å². The Morgan fingerprint density at radius 2 is 1.20 bits per heavy atom. The van der Waals surface area contributed by atoms with Crippen LogP contribution in [-0.4, -0.2) is 6.61 Å². The fraction of sp³-hybridized carbons (Fsp3) is 0.700. The van der Waals surface area contributed by atoms with Crippen molar-refractivity contribution in [3.05, 3.63) is 52.6 Å². The Balaban J connectivity index is 1.49. The van der Waals surface area contributed by atoms with Crippen LogP contribution in [0.1, 0.15) is 154 Å². The summed E-state index contributed by atoms with van der Waals surface area (Å²) in [5, 5.41) is 0. The molecule has 2 aromatic carbocycles. The molecule has 0 amide bonds. The molecule has 2 aromatic rings. The summed E-state index contributed by atoms with van der Waals surface area (Å²) in [5.74, 6) is 4.89. The molecular weight excluding hydrogens is 496 g/mol. The average Bonchev–Trinajstić information content (AvgIpc) is 3.03. The Bertz CT molecular complexity index is 1040. The van der Waals surface area contributed by atoms with Gasteiger partial charge in [0.05, 0.1) is 6.61 Å². The van der Waals surface area contributed by atoms with Gasteiger partial charge in [0.25, 0.3) is 0 Å². The minimum Gasteiger partial charge on any atom is -0.493 e. The third-order valence-electron chi connectivity index (χ3n) is 11.9. The number of benzene rings is 2. The second kappa shape index (κ2) is 15.1. The van der Waals surface area contributed by atoms with Crippen molar-refractivity contribution in [2.24, 2.45) is 23.2 Å². The molecule has 0 aromatic heterocycles. The van der Waals surface area contributed by atoms with Gasteiger partial charge in [0.2, 0.25) is 0 Å². The van der Waals surface area contributed by atoms with Crippen molar-refractivity contribution in [1.82, 2.24) is 0 Å². The highest BCUT2D eigenvalue weighted by molar-refractivity contribution is 5.71. The highest BCUT2D eigenvalue weighted by atomic mass is 16.5. The van der Waals surface area contributed by atoms with Crippen LogP contribution in [0.2, 0.25) is 0 Å². The van der Waals surface area contributed by atoms with Gasteiger partial charge in [0.15, 0.2) is 0 Å². The molecule has 2 saturated carbocycles. The van der Waals surface area contributed by atoms with Crippen molar-refractivity contribution >= 4 is 0 Å². The SMILES string of the molecule is CCc1cc(C2CCC(C3CCC(C)CC3)CC2)ccc1-c1cc(CC)c(OCCC(CC)(CC)CC)c(CC)c1. The molecule has 0 atom stereocenters. The summed E-state index contributed by atoms with van der Waals surface area (Å²) >= 11 is 0. The highest BCUT2D eigenvalue weighted by Gasteiger charge is 2.30. The molecule has 2 fully saturated rings. The molecule has 0 bridgehead atoms. The first-order chi connectivity index (χ1) is 19.9. The molecule has 0 saturated heterocycles. The lowest BCUT2D eigenvalue weighted by Gasteiger charge is -2.37. The van der Waals surface area contributed by atoms with E-state index >= 15 is 0 Å². The predicted molar refractivity (Wildman–Crippen MR) is 179 cm³/mol. The van der Waals surface area contributed by atoms with Gasteiger partial charge in [-0.2, -0.15) is 0 Å². The first-order valence-corrected chi connectivity index (χ1v) is 17.8. The lowest BCUT2D eigenvalue weighted by Crippen LogP contribution is -2.24. The molecule has 2 aliphatic carbocycles. The summed E-state index contributed by atoms with van der Waals surface area (Å²) in [6.07, 6.45) is 19.6. The van der Waals surface area contributed by atoms with E-state index in [0.29, 0.717) is 5.41 Å². The van der Waals surface area contributed by atoms with Crippen LogP contribution in [0, 0.1) is 23.2 Å². The zero-order valence-electron chi connectivity index (χ0n) is 27.9. The topological polar surface area (TPSA) is 9.23 Å². The van der Waals surface area contributed by atoms with Crippen molar-refractivity contribution < 1.29 is 4.74 Å². The Morgan fingerprint density at radius 1 is 0.659 bits per heavy atom. The van der Waals surface area contributed by atoms with Crippen molar-refractivity contribution in [2.75, 3.05) is 6.61 Å². The van der Waals surface area contributed by atoms with Crippen molar-refractivity contribution in [2.45, 2.75) is 151 Å². The smallest absolute Gasteiger partial charge is 0.125 e. The maximum absolute atomic E-state index is 6.61. The van der Waals surface area contributed by atoms with Gasteiger partial charge in [0, 0.05) is 0 Å². The van der Waals surface area contributed by atoms with E-state index in [0.717, 1.165) is 61.7 Å². The van der Waals surface area contributed by atoms with Crippen LogP contribution >= 0.6 is 0 Å². The summed E-state index contributed by atoms with van der Waals surface area (Å²) < 4.78 is 6.61. The molecular formula is C40H62O. The molecule has 41 heavy (non-hydrogen) atoms. The Kier molecular flexibility index (Phi) is 11.9. The van der Waals surface area contributed by atoms with Crippen LogP contribution in [0.3, 0.4) is 0 Å². The normalized spacial score (nSPS) is 23.5. The van der Waals surface area contributed by atoms with Gasteiger partial charge >= 0.3 is 0 Å². The summed E-state index contributed by atoms with van der Waals surface area (Å²) in [5.41, 5.74) is 9.09. The fourth-order valence-electron chi connectivity index (χ4n) is 8.39. The molecule has 4 rings (SSSR count). The van der Waals surface area contributed by atoms with E-state index in [-0.39, 0.29) is 0 Å². The van der Waals surface area contributed by atoms with Gasteiger partial charge in [-0.15, -0.1) is 0 Å². The van der Waals surface area contributed by atoms with Gasteiger partial charge in [-0.25, -0.2) is 0 Å². The molecule has 0 unspecified atom stereocenters. The Morgan fingerprint density at radius 3 is 1.71 bits per heavy atom. The molecule has 0 radical (unpaired) electrons. The largest absolute Gasteiger partial charge is 0.493 e. The van der Waals surface area contributed by atoms with Gasteiger partial charge in [-0.05, 0) is 139 Å². The Hall–Kier alpha value is -1.76. The van der Waals surface area contributed by atoms with Crippen LogP contribution in [0.25, 0.3) is 11.1 Å². The Labute approximate surface area is 254 Å². The fourth-order valence-corrected chi connectivity index (χ4v) is 8.39. The van der Waals surface area contributed by atoms with E-state index in [2.05, 4.69) is 78.8 Å². The van der Waals surface area contributed by atoms with Crippen LogP contribution < -0.4 is 4.74 Å². The number of rotatable bonds is 13. The predicted octanol–water partition coefficient (Wildman–Crippen LogP) is 12.1. The molecule has 0 aliphatic heterocycles. The van der Waals surface area contributed by atoms with E-state index in [4.69, 9.17) is 4.74 Å². The minimum absolute atomic E-state index is 0.421. The first-order valence-electron chi connectivity index (χ1n) is 17.8. The quantitative estimate of drug-likeness (QED) is 0.237. The molecule has 0 heterocycles. The molecule has 0 spiro atoms. The van der Waals surface area contributed by atoms with Gasteiger partial charge in [-0.3, -0.25) is 0 Å². The van der Waals surface area contributed by atoms with Crippen LogP contribution in [0.5, 0.6) is 5.75 Å². The van der Waals surface area contributed by atoms with Gasteiger partial charge < -0.3 is 4.74 Å². The summed E-state index contributed by atoms with van der Waals surface area (Å²) in [6.45, 7) is 17.2. The number of hydrogen-bond acceptors (Lipinski definition) is 1. The third-order valence-corrected chi connectivity index (χ3v) is 11.9. The highest BCUT2D eigenvalue weighted by Crippen LogP contribution is 2.45. The third kappa shape index (κ3) is 7.61. The zero-order chi connectivity index (χ0) is 29.4. The summed E-state index contributed by atoms with van der Waals surface area (Å²) in [7, 11) is 0. The standard InChI is InChI=1S/C40H62O/c1-8-30-26-36(35-20-18-34(19-21-35)33-16-14-29(7)15-17-33)22-23-38(30)37-27-31(9-2)39(32(10-3)28-37)41-25-24-40(11-4,12-5)13-6/h22-23,26-29,33-35H,8-21,24-25H2,1-7H3. The second-order valence-electron chi connectivity index (χ2n) is 13.9. The van der Waals surface area contributed by atoms with E-state index in [1.54, 1.807) is 5.56 Å². The number of hydrogen-bond donors (Lipinski definition) is 0. The van der Waals surface area contributed by atoms with E-state index < -0.39 is 0 Å². The number of ether oxygens (including phenoxy) is 1. The minimum atomic E-state index is 0.421. The number of aryl methyl sites for hydroxylation is 3. The van der Waals surface area contributed by atoms with E-state index in [1.807, 2.05) is 0 Å². The van der Waals surface area contributed by atoms with Crippen LogP contribution in [0.4, 0.5) is 0 Å². The molecule has 2 aliphatic rings. The lowest BCUT2D eigenvalue weighted by atomic mass is 9.68. The van der Waals surface area contributed by atoms with Gasteiger partial charge in [-0.1, -0.05) is 98.8 Å². The molecule has 1 nitrogen and oxygen atoms in total. The second-order valence-corrected chi connectivity index (χ2v) is 13.9. The van der Waals surface area contributed by atoms with Crippen molar-refractivity contribution in [1.29, 1.82) is 0 Å². The zero-order valence-corrected chi connectivity index (χ0v) is 27.9. The maximum Gasteiger partial charge on any atom is 0.125 e.